The highest BCUT2D eigenvalue weighted by Gasteiger charge is 2.53. The molecular formula is C23H28N4O. The Morgan fingerprint density at radius 3 is 2.43 bits per heavy atom. The van der Waals surface area contributed by atoms with Gasteiger partial charge < -0.3 is 15.5 Å². The van der Waals surface area contributed by atoms with Crippen molar-refractivity contribution in [2.75, 3.05) is 13.1 Å². The third-order valence-corrected chi connectivity index (χ3v) is 6.71. The molecule has 2 bridgehead atoms. The fourth-order valence-electron chi connectivity index (χ4n) is 5.25. The molecule has 2 saturated heterocycles. The number of hydrogen-bond donors (Lipinski definition) is 2. The number of urea groups is 1. The molecule has 1 aliphatic carbocycles. The lowest BCUT2D eigenvalue weighted by Crippen LogP contribution is -2.75. The molecule has 5 rings (SSSR count). The SMILES string of the molecule is O=C(NC1CCCCC1)N1[C@@H]2CNC[C@H]1C2c1ccc(-c2cccnc2)cc1. The summed E-state index contributed by atoms with van der Waals surface area (Å²) in [6.45, 7) is 1.76. The molecule has 0 radical (unpaired) electrons. The lowest BCUT2D eigenvalue weighted by atomic mass is 9.72. The largest absolute Gasteiger partial charge is 0.335 e. The molecule has 2 aliphatic heterocycles. The minimum Gasteiger partial charge on any atom is -0.335 e. The van der Waals surface area contributed by atoms with Crippen molar-refractivity contribution in [2.45, 2.75) is 56.1 Å². The standard InChI is InChI=1S/C23H28N4O/c28-23(26-19-6-2-1-3-7-19)27-20-14-25-15-21(27)22(20)17-10-8-16(9-11-17)18-5-4-12-24-13-18/h4-5,8-13,19-22,25H,1-3,6-7,14-15H2,(H,26,28)/t20-,21+,22?. The molecule has 2 aromatic rings. The van der Waals surface area contributed by atoms with Crippen LogP contribution in [0.2, 0.25) is 0 Å². The number of nitrogens with one attached hydrogen (secondary N) is 2. The van der Waals surface area contributed by atoms with Gasteiger partial charge in [0, 0.05) is 37.4 Å². The summed E-state index contributed by atoms with van der Waals surface area (Å²) in [5, 5.41) is 6.78. The molecule has 1 aromatic heterocycles. The summed E-state index contributed by atoms with van der Waals surface area (Å²) in [6, 6.07) is 13.9. The number of fused-ring (bicyclic) bond motifs is 2. The van der Waals surface area contributed by atoms with E-state index in [-0.39, 0.29) is 18.1 Å². The summed E-state index contributed by atoms with van der Waals surface area (Å²) >= 11 is 0. The van der Waals surface area contributed by atoms with Gasteiger partial charge in [0.15, 0.2) is 0 Å². The van der Waals surface area contributed by atoms with E-state index in [1.165, 1.54) is 30.4 Å². The number of hydrogen-bond acceptors (Lipinski definition) is 3. The van der Waals surface area contributed by atoms with Crippen molar-refractivity contribution in [3.8, 4) is 11.1 Å². The summed E-state index contributed by atoms with van der Waals surface area (Å²) in [5.41, 5.74) is 3.66. The van der Waals surface area contributed by atoms with E-state index in [9.17, 15) is 4.79 Å². The van der Waals surface area contributed by atoms with Crippen molar-refractivity contribution in [1.29, 1.82) is 0 Å². The molecule has 5 heteroatoms. The quantitative estimate of drug-likeness (QED) is 0.862. The molecular weight excluding hydrogens is 348 g/mol. The zero-order chi connectivity index (χ0) is 18.9. The van der Waals surface area contributed by atoms with Gasteiger partial charge in [0.05, 0.1) is 12.1 Å². The summed E-state index contributed by atoms with van der Waals surface area (Å²) in [4.78, 5) is 19.2. The van der Waals surface area contributed by atoms with Crippen LogP contribution in [0, 0.1) is 0 Å². The highest BCUT2D eigenvalue weighted by Crippen LogP contribution is 2.43. The van der Waals surface area contributed by atoms with E-state index in [0.29, 0.717) is 12.0 Å². The van der Waals surface area contributed by atoms with E-state index in [4.69, 9.17) is 0 Å². The summed E-state index contributed by atoms with van der Waals surface area (Å²) in [6.07, 6.45) is 9.75. The van der Waals surface area contributed by atoms with Gasteiger partial charge in [0.25, 0.3) is 0 Å². The van der Waals surface area contributed by atoms with E-state index in [0.717, 1.165) is 31.5 Å². The maximum Gasteiger partial charge on any atom is 0.318 e. The van der Waals surface area contributed by atoms with Crippen LogP contribution < -0.4 is 10.6 Å². The Morgan fingerprint density at radius 2 is 1.75 bits per heavy atom. The minimum absolute atomic E-state index is 0.145. The van der Waals surface area contributed by atoms with Gasteiger partial charge in [-0.05, 0) is 35.6 Å². The van der Waals surface area contributed by atoms with Gasteiger partial charge in [-0.25, -0.2) is 4.79 Å². The molecule has 1 saturated carbocycles. The van der Waals surface area contributed by atoms with E-state index in [1.807, 2.05) is 12.3 Å². The van der Waals surface area contributed by atoms with Gasteiger partial charge in [0.1, 0.15) is 0 Å². The Hall–Kier alpha value is -2.40. The van der Waals surface area contributed by atoms with Gasteiger partial charge >= 0.3 is 6.03 Å². The van der Waals surface area contributed by atoms with Crippen LogP contribution in [-0.4, -0.2) is 47.1 Å². The van der Waals surface area contributed by atoms with Gasteiger partial charge in [-0.3, -0.25) is 4.98 Å². The number of nitrogens with zero attached hydrogens (tertiary/aromatic N) is 2. The number of amides is 2. The predicted octanol–water partition coefficient (Wildman–Crippen LogP) is 3.53. The van der Waals surface area contributed by atoms with Crippen LogP contribution in [0.15, 0.2) is 48.8 Å². The fraction of sp³-hybridized carbons (Fsp3) is 0.478. The molecule has 1 aromatic carbocycles. The van der Waals surface area contributed by atoms with Crippen molar-refractivity contribution < 1.29 is 4.79 Å². The lowest BCUT2D eigenvalue weighted by Gasteiger charge is -2.59. The molecule has 3 aliphatic rings. The summed E-state index contributed by atoms with van der Waals surface area (Å²) in [7, 11) is 0. The molecule has 28 heavy (non-hydrogen) atoms. The number of carbonyl (C=O) groups excluding carboxylic acids is 1. The van der Waals surface area contributed by atoms with Crippen molar-refractivity contribution >= 4 is 6.03 Å². The molecule has 2 amide bonds. The third kappa shape index (κ3) is 3.18. The van der Waals surface area contributed by atoms with Crippen LogP contribution in [0.25, 0.3) is 11.1 Å². The van der Waals surface area contributed by atoms with Crippen LogP contribution >= 0.6 is 0 Å². The molecule has 5 nitrogen and oxygen atoms in total. The second-order valence-corrected chi connectivity index (χ2v) is 8.37. The van der Waals surface area contributed by atoms with E-state index in [1.54, 1.807) is 6.20 Å². The Bertz CT molecular complexity index is 804. The molecule has 2 N–H and O–H groups in total. The first-order chi connectivity index (χ1) is 13.8. The first-order valence-corrected chi connectivity index (χ1v) is 10.6. The maximum atomic E-state index is 12.9. The predicted molar refractivity (Wildman–Crippen MR) is 110 cm³/mol. The molecule has 3 atom stereocenters. The van der Waals surface area contributed by atoms with Crippen LogP contribution in [0.5, 0.6) is 0 Å². The van der Waals surface area contributed by atoms with Crippen molar-refractivity contribution in [3.63, 3.8) is 0 Å². The summed E-state index contributed by atoms with van der Waals surface area (Å²) < 4.78 is 0. The Kier molecular flexibility index (Phi) is 4.77. The van der Waals surface area contributed by atoms with Gasteiger partial charge in [-0.2, -0.15) is 0 Å². The van der Waals surface area contributed by atoms with Gasteiger partial charge in [-0.1, -0.05) is 49.6 Å². The monoisotopic (exact) mass is 376 g/mol. The minimum atomic E-state index is 0.145. The average Bonchev–Trinajstić information content (AvgIpc) is 2.76. The summed E-state index contributed by atoms with van der Waals surface area (Å²) in [5.74, 6) is 0.432. The highest BCUT2D eigenvalue weighted by molar-refractivity contribution is 5.77. The molecule has 1 unspecified atom stereocenters. The second-order valence-electron chi connectivity index (χ2n) is 8.37. The van der Waals surface area contributed by atoms with Crippen LogP contribution in [0.1, 0.15) is 43.6 Å². The molecule has 3 heterocycles. The first-order valence-electron chi connectivity index (χ1n) is 10.6. The van der Waals surface area contributed by atoms with E-state index >= 15 is 0 Å². The zero-order valence-electron chi connectivity index (χ0n) is 16.2. The number of aromatic nitrogens is 1. The van der Waals surface area contributed by atoms with Crippen molar-refractivity contribution in [3.05, 3.63) is 54.4 Å². The van der Waals surface area contributed by atoms with Crippen molar-refractivity contribution in [1.82, 2.24) is 20.5 Å². The number of carbonyl (C=O) groups is 1. The fourth-order valence-corrected chi connectivity index (χ4v) is 5.25. The lowest BCUT2D eigenvalue weighted by molar-refractivity contribution is -0.00491. The number of piperazine rings is 1. The van der Waals surface area contributed by atoms with Crippen molar-refractivity contribution in [2.24, 2.45) is 0 Å². The third-order valence-electron chi connectivity index (χ3n) is 6.71. The molecule has 146 valence electrons. The highest BCUT2D eigenvalue weighted by atomic mass is 16.2. The molecule has 0 spiro atoms. The van der Waals surface area contributed by atoms with Crippen LogP contribution in [0.4, 0.5) is 4.79 Å². The van der Waals surface area contributed by atoms with Gasteiger partial charge in [0.2, 0.25) is 0 Å². The maximum absolute atomic E-state index is 12.9. The Morgan fingerprint density at radius 1 is 1.00 bits per heavy atom. The van der Waals surface area contributed by atoms with E-state index in [2.05, 4.69) is 50.8 Å². The number of pyridine rings is 1. The van der Waals surface area contributed by atoms with Gasteiger partial charge in [-0.15, -0.1) is 0 Å². The van der Waals surface area contributed by atoms with E-state index < -0.39 is 0 Å². The number of benzene rings is 1. The smallest absolute Gasteiger partial charge is 0.318 e. The Labute approximate surface area is 166 Å². The topological polar surface area (TPSA) is 57.3 Å². The first kappa shape index (κ1) is 17.7. The normalized spacial score (nSPS) is 27.1. The zero-order valence-corrected chi connectivity index (χ0v) is 16.2. The number of rotatable bonds is 3. The average molecular weight is 377 g/mol. The Balaban J connectivity index is 1.28. The number of piperidine rings is 1. The van der Waals surface area contributed by atoms with Crippen LogP contribution in [-0.2, 0) is 0 Å². The second kappa shape index (κ2) is 7.55. The van der Waals surface area contributed by atoms with Crippen LogP contribution in [0.3, 0.4) is 0 Å². The molecule has 3 fully saturated rings.